The Bertz CT molecular complexity index is 1580. The Kier molecular flexibility index (Phi) is 5.97. The highest BCUT2D eigenvalue weighted by Gasteiger charge is 2.28. The number of hydrogen-bond donors (Lipinski definition) is 1. The van der Waals surface area contributed by atoms with Gasteiger partial charge < -0.3 is 19.3 Å². The lowest BCUT2D eigenvalue weighted by Gasteiger charge is -2.19. The molecule has 37 heavy (non-hydrogen) atoms. The molecule has 11 heteroatoms. The molecule has 11 nitrogen and oxygen atoms in total. The van der Waals surface area contributed by atoms with Gasteiger partial charge in [-0.25, -0.2) is 0 Å². The normalized spacial score (nSPS) is 17.5. The van der Waals surface area contributed by atoms with Crippen LogP contribution >= 0.6 is 0 Å². The van der Waals surface area contributed by atoms with Crippen molar-refractivity contribution in [2.75, 3.05) is 7.11 Å². The molecule has 1 aliphatic carbocycles. The van der Waals surface area contributed by atoms with Gasteiger partial charge in [-0.2, -0.15) is 4.52 Å². The minimum Gasteiger partial charge on any atom is -0.470 e. The zero-order valence-corrected chi connectivity index (χ0v) is 20.4. The lowest BCUT2D eigenvalue weighted by Crippen LogP contribution is -2.40. The molecule has 1 fully saturated rings. The molecular weight excluding hydrogens is 474 g/mol. The van der Waals surface area contributed by atoms with Crippen LogP contribution in [0.25, 0.3) is 27.9 Å². The molecule has 0 radical (unpaired) electrons. The molecular formula is C26H25N7O4. The Morgan fingerprint density at radius 2 is 2.03 bits per heavy atom. The van der Waals surface area contributed by atoms with Gasteiger partial charge >= 0.3 is 0 Å². The van der Waals surface area contributed by atoms with Gasteiger partial charge in [0.15, 0.2) is 11.3 Å². The molecule has 0 saturated heterocycles. The second kappa shape index (κ2) is 9.58. The number of nitrogens with one attached hydrogen (secondary N) is 1. The van der Waals surface area contributed by atoms with E-state index in [9.17, 15) is 4.79 Å². The van der Waals surface area contributed by atoms with Gasteiger partial charge in [-0.05, 0) is 44.4 Å². The molecule has 6 rings (SSSR count). The third-order valence-electron chi connectivity index (χ3n) is 6.60. The maximum atomic E-state index is 12.7. The number of methoxy groups -OCH3 is 1. The first kappa shape index (κ1) is 23.0. The van der Waals surface area contributed by atoms with Crippen LogP contribution in [0.3, 0.4) is 0 Å². The van der Waals surface area contributed by atoms with Crippen molar-refractivity contribution in [3.05, 3.63) is 65.7 Å². The van der Waals surface area contributed by atoms with E-state index in [1.54, 1.807) is 36.0 Å². The van der Waals surface area contributed by atoms with Crippen molar-refractivity contribution < 1.29 is 18.8 Å². The first-order valence-corrected chi connectivity index (χ1v) is 12.1. The van der Waals surface area contributed by atoms with E-state index in [2.05, 4.69) is 30.8 Å². The summed E-state index contributed by atoms with van der Waals surface area (Å²) >= 11 is 0. The molecule has 1 aliphatic rings. The van der Waals surface area contributed by atoms with Crippen LogP contribution in [0.2, 0.25) is 0 Å². The lowest BCUT2D eigenvalue weighted by molar-refractivity contribution is 0.0722. The standard InChI is InChI=1S/C26H25N7O4/c1-15-12-21(32-37-15)24-30-29-23-18-6-3-4-7-19(18)26(31-33(23)24)36-14-17-11-10-16(13-27-17)25(34)28-20-8-5-9-22(20)35-2/h3-4,6-7,10-13,20,22H,5,8-9,14H2,1-2H3,(H,28,34)/t20-,22?/m0/s1. The van der Waals surface area contributed by atoms with Crippen molar-refractivity contribution in [1.82, 2.24) is 35.3 Å². The van der Waals surface area contributed by atoms with E-state index in [1.807, 2.05) is 31.2 Å². The summed E-state index contributed by atoms with van der Waals surface area (Å²) in [4.78, 5) is 17.1. The Hall–Kier alpha value is -4.38. The zero-order valence-electron chi connectivity index (χ0n) is 20.4. The smallest absolute Gasteiger partial charge is 0.253 e. The largest absolute Gasteiger partial charge is 0.470 e. The average molecular weight is 500 g/mol. The third-order valence-corrected chi connectivity index (χ3v) is 6.60. The van der Waals surface area contributed by atoms with E-state index < -0.39 is 0 Å². The molecule has 1 saturated carbocycles. The first-order valence-electron chi connectivity index (χ1n) is 12.1. The number of amides is 1. The van der Waals surface area contributed by atoms with E-state index in [0.717, 1.165) is 30.0 Å². The van der Waals surface area contributed by atoms with E-state index in [1.165, 1.54) is 0 Å². The summed E-state index contributed by atoms with van der Waals surface area (Å²) in [6.07, 6.45) is 4.54. The number of carbonyl (C=O) groups excluding carboxylic acids is 1. The molecule has 1 aromatic carbocycles. The van der Waals surface area contributed by atoms with Gasteiger partial charge in [-0.1, -0.05) is 23.4 Å². The summed E-state index contributed by atoms with van der Waals surface area (Å²) in [5, 5.41) is 22.0. The van der Waals surface area contributed by atoms with Gasteiger partial charge in [0.1, 0.15) is 12.4 Å². The third kappa shape index (κ3) is 4.38. The second-order valence-corrected chi connectivity index (χ2v) is 9.04. The van der Waals surface area contributed by atoms with Crippen LogP contribution in [-0.4, -0.2) is 55.1 Å². The van der Waals surface area contributed by atoms with E-state index in [-0.39, 0.29) is 24.7 Å². The Balaban J connectivity index is 1.23. The number of ether oxygens (including phenoxy) is 2. The van der Waals surface area contributed by atoms with Crippen LogP contribution in [-0.2, 0) is 11.3 Å². The number of benzene rings is 1. The molecule has 4 aromatic heterocycles. The van der Waals surface area contributed by atoms with Gasteiger partial charge in [0.05, 0.1) is 23.4 Å². The van der Waals surface area contributed by atoms with Crippen LogP contribution in [0.4, 0.5) is 0 Å². The van der Waals surface area contributed by atoms with Crippen LogP contribution in [0, 0.1) is 6.92 Å². The van der Waals surface area contributed by atoms with Crippen molar-refractivity contribution in [2.45, 2.75) is 44.9 Å². The fourth-order valence-corrected chi connectivity index (χ4v) is 4.70. The fourth-order valence-electron chi connectivity index (χ4n) is 4.70. The summed E-state index contributed by atoms with van der Waals surface area (Å²) in [6, 6.07) is 13.0. The van der Waals surface area contributed by atoms with Crippen molar-refractivity contribution in [1.29, 1.82) is 0 Å². The number of nitrogens with zero attached hydrogens (tertiary/aromatic N) is 6. The molecule has 4 heterocycles. The van der Waals surface area contributed by atoms with E-state index >= 15 is 0 Å². The van der Waals surface area contributed by atoms with Crippen LogP contribution in [0.5, 0.6) is 5.88 Å². The highest BCUT2D eigenvalue weighted by atomic mass is 16.5. The minimum absolute atomic E-state index is 0.0264. The number of pyridine rings is 1. The fraction of sp³-hybridized carbons (Fsp3) is 0.308. The zero-order chi connectivity index (χ0) is 25.4. The number of carbonyl (C=O) groups is 1. The molecule has 5 aromatic rings. The SMILES string of the molecule is COC1CCC[C@@H]1NC(=O)c1ccc(COc2nn3c(-c4cc(C)on4)nnc3c3ccccc23)nc1. The Labute approximate surface area is 211 Å². The molecule has 1 N–H and O–H groups in total. The van der Waals surface area contributed by atoms with Crippen LogP contribution in [0.15, 0.2) is 53.2 Å². The number of aryl methyl sites for hydroxylation is 1. The van der Waals surface area contributed by atoms with Crippen LogP contribution < -0.4 is 10.1 Å². The number of rotatable bonds is 7. The topological polar surface area (TPSA) is 130 Å². The molecule has 188 valence electrons. The minimum atomic E-state index is -0.157. The van der Waals surface area contributed by atoms with Crippen molar-refractivity contribution in [3.63, 3.8) is 0 Å². The highest BCUT2D eigenvalue weighted by Crippen LogP contribution is 2.29. The predicted octanol–water partition coefficient (Wildman–Crippen LogP) is 3.51. The van der Waals surface area contributed by atoms with E-state index in [4.69, 9.17) is 14.0 Å². The maximum absolute atomic E-state index is 12.7. The van der Waals surface area contributed by atoms with Crippen molar-refractivity contribution >= 4 is 22.3 Å². The first-order chi connectivity index (χ1) is 18.1. The van der Waals surface area contributed by atoms with E-state index in [0.29, 0.717) is 40.1 Å². The summed E-state index contributed by atoms with van der Waals surface area (Å²) in [6.45, 7) is 1.98. The van der Waals surface area contributed by atoms with Crippen molar-refractivity contribution in [3.8, 4) is 17.4 Å². The van der Waals surface area contributed by atoms with Gasteiger partial charge in [0, 0.05) is 30.1 Å². The summed E-state index contributed by atoms with van der Waals surface area (Å²) in [5.41, 5.74) is 2.27. The quantitative estimate of drug-likeness (QED) is 0.357. The molecule has 0 aliphatic heterocycles. The Morgan fingerprint density at radius 1 is 1.16 bits per heavy atom. The Morgan fingerprint density at radius 3 is 2.78 bits per heavy atom. The second-order valence-electron chi connectivity index (χ2n) is 9.04. The number of hydrogen-bond acceptors (Lipinski definition) is 9. The summed E-state index contributed by atoms with van der Waals surface area (Å²) in [7, 11) is 1.68. The lowest BCUT2D eigenvalue weighted by atomic mass is 10.2. The number of aromatic nitrogens is 6. The van der Waals surface area contributed by atoms with Crippen molar-refractivity contribution in [2.24, 2.45) is 0 Å². The van der Waals surface area contributed by atoms with Gasteiger partial charge in [-0.3, -0.25) is 9.78 Å². The maximum Gasteiger partial charge on any atom is 0.253 e. The van der Waals surface area contributed by atoms with Gasteiger partial charge in [-0.15, -0.1) is 15.3 Å². The molecule has 1 amide bonds. The van der Waals surface area contributed by atoms with Gasteiger partial charge in [0.2, 0.25) is 11.7 Å². The molecule has 2 atom stereocenters. The summed E-state index contributed by atoms with van der Waals surface area (Å²) in [5.74, 6) is 1.36. The summed E-state index contributed by atoms with van der Waals surface area (Å²) < 4.78 is 18.4. The molecule has 0 spiro atoms. The number of fused-ring (bicyclic) bond motifs is 3. The monoisotopic (exact) mass is 499 g/mol. The van der Waals surface area contributed by atoms with Crippen LogP contribution in [0.1, 0.15) is 41.1 Å². The average Bonchev–Trinajstić information content (AvgIpc) is 3.67. The predicted molar refractivity (Wildman–Crippen MR) is 133 cm³/mol. The van der Waals surface area contributed by atoms with Gasteiger partial charge in [0.25, 0.3) is 5.91 Å². The highest BCUT2D eigenvalue weighted by molar-refractivity contribution is 5.97. The molecule has 1 unspecified atom stereocenters. The molecule has 0 bridgehead atoms.